The van der Waals surface area contributed by atoms with Crippen molar-refractivity contribution in [2.75, 3.05) is 19.6 Å². The number of unbranched alkanes of at least 4 members (excludes halogenated alkanes) is 3. The maximum atomic E-state index is 12.9. The molecule has 0 radical (unpaired) electrons. The van der Waals surface area contributed by atoms with Crippen LogP contribution in [-0.4, -0.2) is 110 Å². The summed E-state index contributed by atoms with van der Waals surface area (Å²) in [6.45, 7) is 0.854. The number of amides is 4. The molecule has 0 saturated heterocycles. The molecule has 4 aliphatic heterocycles. The van der Waals surface area contributed by atoms with Crippen LogP contribution in [0.5, 0.6) is 0 Å². The van der Waals surface area contributed by atoms with Crippen molar-refractivity contribution in [1.82, 2.24) is 9.80 Å². The minimum atomic E-state index is -0.933. The third-order valence-electron chi connectivity index (χ3n) is 10.8. The van der Waals surface area contributed by atoms with E-state index in [1.54, 1.807) is 48.5 Å². The van der Waals surface area contributed by atoms with E-state index in [0.717, 1.165) is 16.2 Å². The summed E-state index contributed by atoms with van der Waals surface area (Å²) in [6, 6.07) is 18.9. The number of rotatable bonds is 16. The van der Waals surface area contributed by atoms with Gasteiger partial charge in [-0.3, -0.25) is 43.4 Å². The Morgan fingerprint density at radius 2 is 0.682 bits per heavy atom. The number of esters is 4. The zero-order valence-electron chi connectivity index (χ0n) is 35.0. The zero-order valence-corrected chi connectivity index (χ0v) is 35.0. The van der Waals surface area contributed by atoms with Crippen molar-refractivity contribution in [2.45, 2.75) is 57.8 Å². The molecule has 0 saturated carbocycles. The molecule has 4 aromatic rings. The number of carbonyl (C=O) groups excluding carboxylic acids is 8. The first kappa shape index (κ1) is 47.3. The predicted octanol–water partition coefficient (Wildman–Crippen LogP) is 5.23. The summed E-state index contributed by atoms with van der Waals surface area (Å²) < 4.78 is 9.06. The first-order valence-corrected chi connectivity index (χ1v) is 20.7. The molecule has 0 aromatic heterocycles. The highest BCUT2D eigenvalue weighted by Gasteiger charge is 2.38. The molecular weight excluding hydrogens is 863 g/mol. The van der Waals surface area contributed by atoms with Crippen LogP contribution in [0.15, 0.2) is 72.8 Å². The Balaban J connectivity index is 0.000000202. The number of hydrogen-bond donors (Lipinski definition) is 4. The number of imide groups is 2. The van der Waals surface area contributed by atoms with E-state index in [1.807, 2.05) is 0 Å². The number of aliphatic carboxylic acids is 3. The van der Waals surface area contributed by atoms with E-state index in [1.165, 1.54) is 24.3 Å². The number of benzene rings is 4. The van der Waals surface area contributed by atoms with E-state index in [-0.39, 0.29) is 76.9 Å². The lowest BCUT2D eigenvalue weighted by atomic mass is 9.97. The molecule has 4 amide bonds. The van der Waals surface area contributed by atoms with Crippen molar-refractivity contribution in [3.63, 3.8) is 0 Å². The molecule has 0 fully saturated rings. The van der Waals surface area contributed by atoms with Crippen LogP contribution in [0, 0.1) is 0 Å². The summed E-state index contributed by atoms with van der Waals surface area (Å²) >= 11 is 0. The fraction of sp³-hybridized carbons (Fsp3) is 0.255. The summed E-state index contributed by atoms with van der Waals surface area (Å²) in [7, 11) is 0. The first-order valence-electron chi connectivity index (χ1n) is 20.7. The van der Waals surface area contributed by atoms with Gasteiger partial charge in [0, 0.05) is 32.4 Å². The first-order chi connectivity index (χ1) is 31.5. The van der Waals surface area contributed by atoms with E-state index >= 15 is 0 Å². The quantitative estimate of drug-likeness (QED) is 0.0484. The Kier molecular flexibility index (Phi) is 14.7. The molecule has 340 valence electrons. The van der Waals surface area contributed by atoms with Gasteiger partial charge in [0.15, 0.2) is 0 Å². The van der Waals surface area contributed by atoms with Crippen LogP contribution in [0.3, 0.4) is 0 Å². The Morgan fingerprint density at radius 1 is 0.394 bits per heavy atom. The average Bonchev–Trinajstić information content (AvgIpc) is 3.92. The van der Waals surface area contributed by atoms with E-state index < -0.39 is 65.4 Å². The van der Waals surface area contributed by atoms with Crippen molar-refractivity contribution in [2.24, 2.45) is 5.73 Å². The summed E-state index contributed by atoms with van der Waals surface area (Å²) in [4.78, 5) is 130. The minimum Gasteiger partial charge on any atom is -0.481 e. The number of hydrogen-bond acceptors (Lipinski definition) is 14. The molecular formula is C47H41N3O16. The molecule has 0 aliphatic carbocycles. The predicted molar refractivity (Wildman–Crippen MR) is 227 cm³/mol. The second-order valence-corrected chi connectivity index (χ2v) is 15.3. The Labute approximate surface area is 374 Å². The van der Waals surface area contributed by atoms with Crippen molar-refractivity contribution >= 4 is 65.4 Å². The zero-order chi connectivity index (χ0) is 47.8. The lowest BCUT2D eigenvalue weighted by Gasteiger charge is -2.12. The standard InChI is InChI=1S/C26H24N2O8.C16H6O6.C5H11NO2/c29-21(30)5-1-3-11-27-23(33)17-9-7-15(13-19(17)25(27)35)16-8-10-18-20(14-16)26(36)28(24(18)34)12-4-2-6-22(31)32;17-13-9-3-1-7(5-11(9)15(19)21-13)8-2-4-10-12(6-8)16(20)22-14(10)18;6-4-2-1-3-5(7)8/h7-10,13-14H,1-6,11-12H2,(H,29,30)(H,31,32);1-6H;1-4,6H2,(H,7,8). The minimum absolute atomic E-state index is 0.0351. The number of fused-ring (bicyclic) bond motifs is 4. The number of nitrogens with zero attached hydrogens (tertiary/aromatic N) is 2. The molecule has 8 rings (SSSR count). The van der Waals surface area contributed by atoms with Gasteiger partial charge in [0.25, 0.3) is 23.6 Å². The highest BCUT2D eigenvalue weighted by Crippen LogP contribution is 2.33. The van der Waals surface area contributed by atoms with Crippen LogP contribution >= 0.6 is 0 Å². The third kappa shape index (κ3) is 10.4. The molecule has 66 heavy (non-hydrogen) atoms. The Morgan fingerprint density at radius 3 is 1.02 bits per heavy atom. The van der Waals surface area contributed by atoms with Crippen molar-refractivity contribution in [3.8, 4) is 22.3 Å². The van der Waals surface area contributed by atoms with Gasteiger partial charge in [-0.1, -0.05) is 24.3 Å². The number of nitrogens with two attached hydrogens (primary N) is 1. The van der Waals surface area contributed by atoms with Gasteiger partial charge in [-0.05, 0) is 116 Å². The SMILES string of the molecule is NCCCCC(=O)O.O=C(O)CCCCN1C(=O)c2ccc(-c3ccc4c(c3)C(=O)N(CCCCC(=O)O)C4=O)cc2C1=O.O=C1OC(=O)c2cc(-c3ccc4c(c3)C(=O)OC4=O)ccc21. The van der Waals surface area contributed by atoms with Gasteiger partial charge >= 0.3 is 41.8 Å². The highest BCUT2D eigenvalue weighted by atomic mass is 16.6. The van der Waals surface area contributed by atoms with Crippen LogP contribution in [-0.2, 0) is 23.9 Å². The highest BCUT2D eigenvalue weighted by molar-refractivity contribution is 6.23. The van der Waals surface area contributed by atoms with E-state index in [4.69, 9.17) is 21.1 Å². The summed E-state index contributed by atoms with van der Waals surface area (Å²) in [5.41, 5.74) is 9.37. The van der Waals surface area contributed by atoms with Gasteiger partial charge in [0.1, 0.15) is 0 Å². The topological polar surface area (TPSA) is 299 Å². The molecule has 0 unspecified atom stereocenters. The molecule has 19 heteroatoms. The second-order valence-electron chi connectivity index (χ2n) is 15.3. The van der Waals surface area contributed by atoms with E-state index in [2.05, 4.69) is 9.47 Å². The van der Waals surface area contributed by atoms with E-state index in [0.29, 0.717) is 60.9 Å². The van der Waals surface area contributed by atoms with Crippen LogP contribution in [0.1, 0.15) is 141 Å². The van der Waals surface area contributed by atoms with E-state index in [9.17, 15) is 52.7 Å². The molecule has 4 heterocycles. The maximum absolute atomic E-state index is 12.9. The Bertz CT molecular complexity index is 2570. The van der Waals surface area contributed by atoms with Gasteiger partial charge < -0.3 is 30.5 Å². The van der Waals surface area contributed by atoms with Crippen molar-refractivity contribution < 1.29 is 77.5 Å². The van der Waals surface area contributed by atoms with Crippen molar-refractivity contribution in [1.29, 1.82) is 0 Å². The van der Waals surface area contributed by atoms with Crippen LogP contribution in [0.2, 0.25) is 0 Å². The number of ether oxygens (including phenoxy) is 2. The number of carbonyl (C=O) groups is 11. The molecule has 4 aliphatic rings. The lowest BCUT2D eigenvalue weighted by Crippen LogP contribution is -2.30. The van der Waals surface area contributed by atoms with Gasteiger partial charge in [-0.15, -0.1) is 0 Å². The largest absolute Gasteiger partial charge is 0.481 e. The molecule has 19 nitrogen and oxygen atoms in total. The van der Waals surface area contributed by atoms with Crippen LogP contribution in [0.25, 0.3) is 22.3 Å². The third-order valence-corrected chi connectivity index (χ3v) is 10.8. The molecule has 0 atom stereocenters. The van der Waals surface area contributed by atoms with Crippen LogP contribution < -0.4 is 5.73 Å². The average molecular weight is 904 g/mol. The number of carboxylic acid groups (broad SMARTS) is 3. The van der Waals surface area contributed by atoms with Crippen molar-refractivity contribution in [3.05, 3.63) is 117 Å². The number of carboxylic acids is 3. The van der Waals surface area contributed by atoms with Crippen LogP contribution in [0.4, 0.5) is 0 Å². The molecule has 0 bridgehead atoms. The molecule has 4 aromatic carbocycles. The van der Waals surface area contributed by atoms with Gasteiger partial charge in [-0.2, -0.15) is 0 Å². The molecule has 5 N–H and O–H groups in total. The van der Waals surface area contributed by atoms with Gasteiger partial charge in [-0.25, -0.2) is 19.2 Å². The lowest BCUT2D eigenvalue weighted by molar-refractivity contribution is -0.138. The fourth-order valence-corrected chi connectivity index (χ4v) is 7.39. The smallest absolute Gasteiger partial charge is 0.346 e. The second kappa shape index (κ2) is 20.5. The van der Waals surface area contributed by atoms with Gasteiger partial charge in [0.2, 0.25) is 0 Å². The van der Waals surface area contributed by atoms with Gasteiger partial charge in [0.05, 0.1) is 44.5 Å². The molecule has 0 spiro atoms. The fourth-order valence-electron chi connectivity index (χ4n) is 7.39. The normalized spacial score (nSPS) is 14.1. The summed E-state index contributed by atoms with van der Waals surface area (Å²) in [6.07, 6.45) is 3.17. The number of cyclic esters (lactones) is 4. The Hall–Kier alpha value is -8.19. The monoisotopic (exact) mass is 903 g/mol. The summed E-state index contributed by atoms with van der Waals surface area (Å²) in [5.74, 6) is -7.09. The summed E-state index contributed by atoms with van der Waals surface area (Å²) in [5, 5.41) is 25.6. The maximum Gasteiger partial charge on any atom is 0.346 e.